The maximum atomic E-state index is 13.8. The molecule has 4 atom stereocenters. The highest BCUT2D eigenvalue weighted by molar-refractivity contribution is 6.35. The average molecular weight is 506 g/mol. The van der Waals surface area contributed by atoms with Crippen molar-refractivity contribution >= 4 is 34.3 Å². The van der Waals surface area contributed by atoms with Crippen LogP contribution in [0, 0.1) is 22.7 Å². The molecule has 2 unspecified atom stereocenters. The highest BCUT2D eigenvalue weighted by atomic mass is 35.5. The molecule has 3 fully saturated rings. The number of hydrogen-bond donors (Lipinski definition) is 4. The average Bonchev–Trinajstić information content (AvgIpc) is 3.50. The third-order valence-corrected chi connectivity index (χ3v) is 7.80. The number of H-pyrrole nitrogens is 1. The van der Waals surface area contributed by atoms with Crippen LogP contribution in [0.5, 0.6) is 0 Å². The van der Waals surface area contributed by atoms with E-state index in [0.717, 1.165) is 5.39 Å². The summed E-state index contributed by atoms with van der Waals surface area (Å²) in [6.07, 6.45) is -1.06. The lowest BCUT2D eigenvalue weighted by atomic mass is 9.65. The fourth-order valence-corrected chi connectivity index (χ4v) is 6.15. The zero-order valence-corrected chi connectivity index (χ0v) is 19.6. The van der Waals surface area contributed by atoms with Crippen molar-refractivity contribution in [2.75, 3.05) is 13.1 Å². The van der Waals surface area contributed by atoms with E-state index >= 15 is 0 Å². The van der Waals surface area contributed by atoms with Gasteiger partial charge in [0.2, 0.25) is 17.7 Å². The molecule has 11 heteroatoms. The molecule has 2 amide bonds. The number of halogens is 3. The Labute approximate surface area is 205 Å². The van der Waals surface area contributed by atoms with Gasteiger partial charge in [0.05, 0.1) is 28.3 Å². The first kappa shape index (κ1) is 24.0. The molecule has 1 spiro atoms. The summed E-state index contributed by atoms with van der Waals surface area (Å²) in [5.41, 5.74) is 0.241. The number of fused-ring (bicyclic) bond motifs is 1. The van der Waals surface area contributed by atoms with Gasteiger partial charge in [0.1, 0.15) is 12.3 Å². The number of alkyl halides is 2. The number of rotatable bonds is 6. The summed E-state index contributed by atoms with van der Waals surface area (Å²) in [4.78, 5) is 29.8. The van der Waals surface area contributed by atoms with Gasteiger partial charge < -0.3 is 20.7 Å². The van der Waals surface area contributed by atoms with Crippen LogP contribution in [0.2, 0.25) is 5.02 Å². The van der Waals surface area contributed by atoms with E-state index < -0.39 is 35.6 Å². The number of aromatic amines is 1. The van der Waals surface area contributed by atoms with Crippen LogP contribution in [0.1, 0.15) is 44.0 Å². The first-order valence-corrected chi connectivity index (χ1v) is 12.0. The summed E-state index contributed by atoms with van der Waals surface area (Å²) in [6.45, 7) is 0.649. The second kappa shape index (κ2) is 8.73. The summed E-state index contributed by atoms with van der Waals surface area (Å²) in [5.74, 6) is -3.82. The van der Waals surface area contributed by atoms with Gasteiger partial charge in [-0.2, -0.15) is 5.26 Å². The number of hydrogen-bond acceptors (Lipinski definition) is 5. The third kappa shape index (κ3) is 4.48. The van der Waals surface area contributed by atoms with Crippen molar-refractivity contribution in [1.82, 2.24) is 20.5 Å². The van der Waals surface area contributed by atoms with Crippen LogP contribution in [0.4, 0.5) is 8.78 Å². The monoisotopic (exact) mass is 505 g/mol. The smallest absolute Gasteiger partial charge is 0.249 e. The molecule has 2 saturated heterocycles. The van der Waals surface area contributed by atoms with Gasteiger partial charge in [-0.15, -0.1) is 0 Å². The van der Waals surface area contributed by atoms with Crippen molar-refractivity contribution in [3.63, 3.8) is 0 Å². The molecule has 1 aromatic carbocycles. The number of nitriles is 1. The van der Waals surface area contributed by atoms with Crippen LogP contribution in [0.25, 0.3) is 10.9 Å². The molecule has 1 saturated carbocycles. The van der Waals surface area contributed by atoms with Crippen molar-refractivity contribution in [2.45, 2.75) is 56.3 Å². The van der Waals surface area contributed by atoms with Gasteiger partial charge in [0.25, 0.3) is 0 Å². The molecule has 35 heavy (non-hydrogen) atoms. The lowest BCUT2D eigenvalue weighted by Crippen LogP contribution is -2.48. The molecule has 5 rings (SSSR count). The molecular weight excluding hydrogens is 480 g/mol. The van der Waals surface area contributed by atoms with E-state index in [9.17, 15) is 28.7 Å². The first-order valence-electron chi connectivity index (χ1n) is 11.7. The Hall–Kier alpha value is -2.74. The molecule has 8 nitrogen and oxygen atoms in total. The number of carbonyl (C=O) groups excluding carboxylic acids is 2. The summed E-state index contributed by atoms with van der Waals surface area (Å²) in [6, 6.07) is 7.26. The number of nitrogens with zero attached hydrogens (tertiary/aromatic N) is 2. The largest absolute Gasteiger partial charge is 0.372 e. The second-order valence-electron chi connectivity index (χ2n) is 10.1. The van der Waals surface area contributed by atoms with E-state index in [1.165, 1.54) is 4.90 Å². The summed E-state index contributed by atoms with van der Waals surface area (Å²) < 4.78 is 27.7. The summed E-state index contributed by atoms with van der Waals surface area (Å²) in [5, 5.41) is 27.5. The Morgan fingerprint density at radius 3 is 2.80 bits per heavy atom. The number of likely N-dealkylation sites (tertiary alicyclic amines) is 1. The topological polar surface area (TPSA) is 121 Å². The number of para-hydroxylation sites is 1. The van der Waals surface area contributed by atoms with Gasteiger partial charge in [-0.3, -0.25) is 14.5 Å². The molecule has 0 bridgehead atoms. The van der Waals surface area contributed by atoms with Gasteiger partial charge in [-0.25, -0.2) is 8.78 Å². The molecule has 0 radical (unpaired) electrons. The molecule has 1 aromatic heterocycles. The molecule has 3 aliphatic rings. The van der Waals surface area contributed by atoms with E-state index in [1.54, 1.807) is 18.2 Å². The normalized spacial score (nSPS) is 26.8. The van der Waals surface area contributed by atoms with E-state index in [4.69, 9.17) is 11.6 Å². The Morgan fingerprint density at radius 1 is 1.40 bits per heavy atom. The third-order valence-electron chi connectivity index (χ3n) is 7.49. The zero-order chi connectivity index (χ0) is 25.0. The number of aromatic nitrogens is 1. The molecule has 4 N–H and O–H groups in total. The van der Waals surface area contributed by atoms with Gasteiger partial charge in [0, 0.05) is 37.2 Å². The lowest BCUT2D eigenvalue weighted by molar-refractivity contribution is -0.159. The zero-order valence-electron chi connectivity index (χ0n) is 18.9. The number of nitrogens with one attached hydrogen (secondary N) is 3. The number of aliphatic hydroxyl groups excluding tert-OH is 1. The second-order valence-corrected chi connectivity index (χ2v) is 10.5. The Morgan fingerprint density at radius 2 is 2.17 bits per heavy atom. The van der Waals surface area contributed by atoms with Crippen molar-refractivity contribution in [3.05, 3.63) is 35.0 Å². The minimum Gasteiger partial charge on any atom is -0.372 e. The van der Waals surface area contributed by atoms with Gasteiger partial charge in [-0.05, 0) is 36.8 Å². The number of benzene rings is 1. The predicted molar refractivity (Wildman–Crippen MR) is 123 cm³/mol. The van der Waals surface area contributed by atoms with Gasteiger partial charge >= 0.3 is 0 Å². The Balaban J connectivity index is 1.37. The van der Waals surface area contributed by atoms with Crippen molar-refractivity contribution < 1.29 is 23.5 Å². The molecule has 186 valence electrons. The number of aliphatic hydroxyl groups is 1. The highest BCUT2D eigenvalue weighted by Gasteiger charge is 2.62. The first-order chi connectivity index (χ1) is 16.6. The van der Waals surface area contributed by atoms with E-state index in [1.807, 2.05) is 12.1 Å². The molecule has 2 aliphatic heterocycles. The predicted octanol–water partition coefficient (Wildman–Crippen LogP) is 2.84. The van der Waals surface area contributed by atoms with Gasteiger partial charge in [-0.1, -0.05) is 23.7 Å². The minimum atomic E-state index is -2.79. The fraction of sp³-hybridized carbons (Fsp3) is 0.542. The fourth-order valence-electron chi connectivity index (χ4n) is 5.92. The SMILES string of the molecule is N#C[C@H](C[C@@H]1CCNC1=O)NC(=O)C1CC2(CN1C(O)c1cc3cccc(Cl)c3[nH]1)CC(F)(F)C2. The lowest BCUT2D eigenvalue weighted by Gasteiger charge is -2.45. The van der Waals surface area contributed by atoms with E-state index in [2.05, 4.69) is 15.6 Å². The van der Waals surface area contributed by atoms with Crippen molar-refractivity contribution in [1.29, 1.82) is 5.26 Å². The van der Waals surface area contributed by atoms with Crippen molar-refractivity contribution in [3.8, 4) is 6.07 Å². The highest BCUT2D eigenvalue weighted by Crippen LogP contribution is 2.59. The summed E-state index contributed by atoms with van der Waals surface area (Å²) >= 11 is 6.24. The van der Waals surface area contributed by atoms with Crippen LogP contribution in [-0.2, 0) is 9.59 Å². The summed E-state index contributed by atoms with van der Waals surface area (Å²) in [7, 11) is 0. The van der Waals surface area contributed by atoms with E-state index in [-0.39, 0.29) is 44.1 Å². The van der Waals surface area contributed by atoms with Gasteiger partial charge in [0.15, 0.2) is 0 Å². The Kier molecular flexibility index (Phi) is 5.98. The number of carbonyl (C=O) groups is 2. The molecular formula is C24H26ClF2N5O3. The standard InChI is InChI=1S/C24H26ClF2N5O3/c25-16-3-1-2-13-7-17(31-19(13)16)22(35)32-12-23(10-24(26,27)11-23)8-18(32)21(34)30-15(9-28)6-14-4-5-29-20(14)33/h1-3,7,14-15,18,22,31,35H,4-6,8,10-12H2,(H,29,33)(H,30,34)/t14-,15-,18?,22?/m0/s1. The van der Waals surface area contributed by atoms with Crippen LogP contribution in [0.3, 0.4) is 0 Å². The molecule has 2 aromatic rings. The number of amides is 2. The maximum absolute atomic E-state index is 13.8. The van der Waals surface area contributed by atoms with Crippen molar-refractivity contribution in [2.24, 2.45) is 11.3 Å². The van der Waals surface area contributed by atoms with Crippen LogP contribution in [0.15, 0.2) is 24.3 Å². The van der Waals surface area contributed by atoms with Crippen LogP contribution >= 0.6 is 11.6 Å². The molecule has 1 aliphatic carbocycles. The maximum Gasteiger partial charge on any atom is 0.249 e. The Bertz CT molecular complexity index is 1200. The van der Waals surface area contributed by atoms with E-state index in [0.29, 0.717) is 29.2 Å². The quantitative estimate of drug-likeness (QED) is 0.481. The molecule has 3 heterocycles. The van der Waals surface area contributed by atoms with Crippen LogP contribution < -0.4 is 10.6 Å². The van der Waals surface area contributed by atoms with Crippen LogP contribution in [-0.4, -0.2) is 57.9 Å². The minimum absolute atomic E-state index is 0.118.